The number of aliphatic hydroxyl groups excluding tert-OH is 1. The molecule has 23 heavy (non-hydrogen) atoms. The summed E-state index contributed by atoms with van der Waals surface area (Å²) in [5, 5.41) is 12.0. The van der Waals surface area contributed by atoms with Crippen molar-refractivity contribution >= 4 is 23.2 Å². The van der Waals surface area contributed by atoms with Gasteiger partial charge in [-0.25, -0.2) is 9.37 Å². The van der Waals surface area contributed by atoms with E-state index in [0.29, 0.717) is 22.5 Å². The van der Waals surface area contributed by atoms with Gasteiger partial charge in [0.15, 0.2) is 0 Å². The molecule has 116 valence electrons. The Kier molecular flexibility index (Phi) is 3.72. The fourth-order valence-electron chi connectivity index (χ4n) is 2.35. The molecule has 2 aromatic rings. The number of amides is 1. The van der Waals surface area contributed by atoms with Crippen LogP contribution in [-0.4, -0.2) is 27.1 Å². The second-order valence-electron chi connectivity index (χ2n) is 5.22. The number of anilines is 1. The van der Waals surface area contributed by atoms with E-state index in [2.05, 4.69) is 27.1 Å². The molecule has 0 aliphatic carbocycles. The first-order valence-electron chi connectivity index (χ1n) is 7.03. The van der Waals surface area contributed by atoms with Crippen LogP contribution < -0.4 is 5.32 Å². The highest BCUT2D eigenvalue weighted by molar-refractivity contribution is 6.35. The molecule has 0 radical (unpaired) electrons. The topological polar surface area (TPSA) is 78.0 Å². The number of carbonyl (C=O) groups excluding carboxylic acids is 1. The van der Waals surface area contributed by atoms with Crippen LogP contribution in [0.4, 0.5) is 10.1 Å². The van der Waals surface area contributed by atoms with Crippen molar-refractivity contribution in [1.82, 2.24) is 9.97 Å². The fourth-order valence-corrected chi connectivity index (χ4v) is 2.35. The first-order valence-corrected chi connectivity index (χ1v) is 7.03. The predicted molar refractivity (Wildman–Crippen MR) is 84.8 cm³/mol. The van der Waals surface area contributed by atoms with Gasteiger partial charge in [0.05, 0.1) is 28.8 Å². The van der Waals surface area contributed by atoms with Crippen molar-refractivity contribution in [2.45, 2.75) is 20.0 Å². The van der Waals surface area contributed by atoms with Gasteiger partial charge < -0.3 is 15.4 Å². The van der Waals surface area contributed by atoms with Crippen LogP contribution in [0.3, 0.4) is 0 Å². The number of nitrogens with one attached hydrogen (secondary N) is 2. The summed E-state index contributed by atoms with van der Waals surface area (Å²) in [7, 11) is 0. The van der Waals surface area contributed by atoms with E-state index in [-0.39, 0.29) is 11.5 Å². The van der Waals surface area contributed by atoms with Gasteiger partial charge in [0, 0.05) is 11.3 Å². The highest BCUT2D eigenvalue weighted by Gasteiger charge is 2.28. The number of aryl methyl sites for hydroxylation is 1. The van der Waals surface area contributed by atoms with Crippen LogP contribution in [0, 0.1) is 24.6 Å². The first-order chi connectivity index (χ1) is 11.0. The van der Waals surface area contributed by atoms with E-state index in [1.54, 1.807) is 6.08 Å². The van der Waals surface area contributed by atoms with Gasteiger partial charge in [0.25, 0.3) is 5.91 Å². The number of fused-ring (bicyclic) bond motifs is 1. The Balaban J connectivity index is 2.21. The van der Waals surface area contributed by atoms with E-state index < -0.39 is 11.9 Å². The van der Waals surface area contributed by atoms with Gasteiger partial charge in [-0.1, -0.05) is 11.8 Å². The number of hydrogen-bond donors (Lipinski definition) is 3. The lowest BCUT2D eigenvalue weighted by atomic mass is 9.99. The molecule has 2 heterocycles. The third-order valence-corrected chi connectivity index (χ3v) is 3.47. The van der Waals surface area contributed by atoms with Crippen molar-refractivity contribution in [2.24, 2.45) is 0 Å². The number of aliphatic hydroxyl groups is 1. The van der Waals surface area contributed by atoms with E-state index >= 15 is 0 Å². The van der Waals surface area contributed by atoms with Gasteiger partial charge in [0.1, 0.15) is 11.9 Å². The maximum atomic E-state index is 14.2. The summed E-state index contributed by atoms with van der Waals surface area (Å²) in [6.45, 7) is 3.31. The Morgan fingerprint density at radius 3 is 2.87 bits per heavy atom. The number of carbonyl (C=O) groups is 1. The van der Waals surface area contributed by atoms with Crippen molar-refractivity contribution in [2.75, 3.05) is 5.32 Å². The molecule has 1 aromatic heterocycles. The number of halogens is 1. The van der Waals surface area contributed by atoms with Crippen LogP contribution in [-0.2, 0) is 4.79 Å². The van der Waals surface area contributed by atoms with Crippen molar-refractivity contribution in [3.63, 3.8) is 0 Å². The molecular formula is C17H14FN3O2. The SMILES string of the molecule is Cc1[nH]cnc1C=C1C(=O)Nc2ccc(F)c(C#C[C@@H](C)O)c21. The minimum absolute atomic E-state index is 0.0844. The first kappa shape index (κ1) is 15.0. The minimum Gasteiger partial charge on any atom is -0.381 e. The average Bonchev–Trinajstić information content (AvgIpc) is 3.03. The van der Waals surface area contributed by atoms with Crippen molar-refractivity contribution in [3.05, 3.63) is 46.8 Å². The van der Waals surface area contributed by atoms with E-state index in [1.807, 2.05) is 6.92 Å². The van der Waals surface area contributed by atoms with Crippen molar-refractivity contribution < 1.29 is 14.3 Å². The van der Waals surface area contributed by atoms with E-state index in [0.717, 1.165) is 5.69 Å². The Labute approximate surface area is 132 Å². The zero-order valence-corrected chi connectivity index (χ0v) is 12.6. The van der Waals surface area contributed by atoms with Crippen molar-refractivity contribution in [3.8, 4) is 11.8 Å². The molecule has 5 nitrogen and oxygen atoms in total. The number of H-pyrrole nitrogens is 1. The van der Waals surface area contributed by atoms with Crippen LogP contribution >= 0.6 is 0 Å². The zero-order chi connectivity index (χ0) is 16.6. The van der Waals surface area contributed by atoms with Crippen LogP contribution in [0.1, 0.15) is 29.4 Å². The normalized spacial score (nSPS) is 15.8. The average molecular weight is 311 g/mol. The van der Waals surface area contributed by atoms with Gasteiger partial charge in [0.2, 0.25) is 0 Å². The highest BCUT2D eigenvalue weighted by Crippen LogP contribution is 2.36. The third kappa shape index (κ3) is 2.74. The fraction of sp³-hybridized carbons (Fsp3) is 0.176. The molecule has 0 fully saturated rings. The molecule has 6 heteroatoms. The lowest BCUT2D eigenvalue weighted by Crippen LogP contribution is -2.03. The molecule has 0 unspecified atom stereocenters. The van der Waals surface area contributed by atoms with Crippen LogP contribution in [0.25, 0.3) is 11.6 Å². The highest BCUT2D eigenvalue weighted by atomic mass is 19.1. The van der Waals surface area contributed by atoms with E-state index in [1.165, 1.54) is 25.4 Å². The third-order valence-electron chi connectivity index (χ3n) is 3.47. The number of hydrogen-bond acceptors (Lipinski definition) is 3. The quantitative estimate of drug-likeness (QED) is 0.557. The van der Waals surface area contributed by atoms with Gasteiger partial charge in [-0.3, -0.25) is 4.79 Å². The second kappa shape index (κ2) is 5.71. The summed E-state index contributed by atoms with van der Waals surface area (Å²) in [5.41, 5.74) is 2.66. The van der Waals surface area contributed by atoms with Crippen LogP contribution in [0.2, 0.25) is 0 Å². The molecule has 1 atom stereocenters. The molecule has 1 amide bonds. The van der Waals surface area contributed by atoms with Gasteiger partial charge in [-0.05, 0) is 32.1 Å². The number of imidazole rings is 1. The minimum atomic E-state index is -0.892. The summed E-state index contributed by atoms with van der Waals surface area (Å²) in [6.07, 6.45) is 2.23. The molecule has 0 saturated carbocycles. The summed E-state index contributed by atoms with van der Waals surface area (Å²) in [4.78, 5) is 19.3. The molecule has 1 aromatic carbocycles. The predicted octanol–water partition coefficient (Wildman–Crippen LogP) is 2.08. The van der Waals surface area contributed by atoms with Crippen LogP contribution in [0.5, 0.6) is 0 Å². The Morgan fingerprint density at radius 1 is 1.43 bits per heavy atom. The monoisotopic (exact) mass is 311 g/mol. The largest absolute Gasteiger partial charge is 0.381 e. The van der Waals surface area contributed by atoms with Gasteiger partial charge >= 0.3 is 0 Å². The van der Waals surface area contributed by atoms with Gasteiger partial charge in [-0.15, -0.1) is 0 Å². The lowest BCUT2D eigenvalue weighted by molar-refractivity contribution is -0.110. The maximum absolute atomic E-state index is 14.2. The Morgan fingerprint density at radius 2 is 2.22 bits per heavy atom. The summed E-state index contributed by atoms with van der Waals surface area (Å²) < 4.78 is 14.2. The Bertz CT molecular complexity index is 885. The molecule has 1 aliphatic heterocycles. The molecule has 0 spiro atoms. The van der Waals surface area contributed by atoms with E-state index in [9.17, 15) is 14.3 Å². The molecule has 0 saturated heterocycles. The standard InChI is InChI=1S/C17H14FN3O2/c1-9(22)3-4-11-13(18)5-6-14-16(11)12(17(23)21-14)7-15-10(2)19-8-20-15/h5-9,22H,1-2H3,(H,19,20)(H,21,23)/t9-/m1/s1. The number of rotatable bonds is 1. The van der Waals surface area contributed by atoms with E-state index in [4.69, 9.17) is 0 Å². The molecule has 0 bridgehead atoms. The van der Waals surface area contributed by atoms with Crippen molar-refractivity contribution in [1.29, 1.82) is 0 Å². The number of nitrogens with zero attached hydrogens (tertiary/aromatic N) is 1. The number of aromatic amines is 1. The molecule has 3 N–H and O–H groups in total. The summed E-state index contributed by atoms with van der Waals surface area (Å²) in [5.74, 6) is 4.25. The zero-order valence-electron chi connectivity index (χ0n) is 12.6. The second-order valence-corrected chi connectivity index (χ2v) is 5.22. The smallest absolute Gasteiger partial charge is 0.256 e. The number of aromatic nitrogens is 2. The molecular weight excluding hydrogens is 297 g/mol. The van der Waals surface area contributed by atoms with Crippen LogP contribution in [0.15, 0.2) is 18.5 Å². The summed E-state index contributed by atoms with van der Waals surface area (Å²) in [6, 6.07) is 2.74. The number of benzene rings is 1. The Hall–Kier alpha value is -2.91. The maximum Gasteiger partial charge on any atom is 0.256 e. The lowest BCUT2D eigenvalue weighted by Gasteiger charge is -2.04. The molecule has 3 rings (SSSR count). The summed E-state index contributed by atoms with van der Waals surface area (Å²) >= 11 is 0. The van der Waals surface area contributed by atoms with Gasteiger partial charge in [-0.2, -0.15) is 0 Å². The molecule has 1 aliphatic rings.